The van der Waals surface area contributed by atoms with Gasteiger partial charge in [-0.25, -0.2) is 0 Å². The van der Waals surface area contributed by atoms with Gasteiger partial charge in [-0.2, -0.15) is 0 Å². The minimum absolute atomic E-state index is 0.171. The van der Waals surface area contributed by atoms with Gasteiger partial charge in [-0.05, 0) is 18.1 Å². The van der Waals surface area contributed by atoms with Gasteiger partial charge in [0.05, 0.1) is 12.2 Å². The van der Waals surface area contributed by atoms with Crippen molar-refractivity contribution in [2.24, 2.45) is 0 Å². The van der Waals surface area contributed by atoms with Gasteiger partial charge in [-0.3, -0.25) is 9.78 Å². The molecule has 2 unspecified atom stereocenters. The van der Waals surface area contributed by atoms with E-state index in [9.17, 15) is 15.0 Å². The van der Waals surface area contributed by atoms with Crippen molar-refractivity contribution in [2.45, 2.75) is 32.0 Å². The molecule has 1 fully saturated rings. The topological polar surface area (TPSA) is 73.7 Å². The first-order valence-electron chi connectivity index (χ1n) is 6.10. The number of amides is 1. The summed E-state index contributed by atoms with van der Waals surface area (Å²) in [5.74, 6) is 0.0856. The van der Waals surface area contributed by atoms with Gasteiger partial charge in [0, 0.05) is 30.5 Å². The van der Waals surface area contributed by atoms with Crippen molar-refractivity contribution >= 4 is 5.91 Å². The van der Waals surface area contributed by atoms with E-state index in [2.05, 4.69) is 4.98 Å². The van der Waals surface area contributed by atoms with Gasteiger partial charge in [0.2, 0.25) is 0 Å². The number of hydrogen-bond acceptors (Lipinski definition) is 4. The molecule has 0 saturated carbocycles. The van der Waals surface area contributed by atoms with E-state index >= 15 is 0 Å². The standard InChI is InChI=1S/C13H18N2O3/c1-8(2)10-5-9(3-4-14-10)13(18)15-6-11(16)12(17)7-15/h3-5,8,11-12,16-17H,6-7H2,1-2H3. The normalized spacial score (nSPS) is 23.7. The van der Waals surface area contributed by atoms with Gasteiger partial charge in [0.1, 0.15) is 0 Å². The van der Waals surface area contributed by atoms with E-state index in [0.29, 0.717) is 5.56 Å². The number of aliphatic hydroxyl groups is 2. The monoisotopic (exact) mass is 250 g/mol. The number of aliphatic hydroxyl groups excluding tert-OH is 2. The van der Waals surface area contributed by atoms with Crippen LogP contribution in [-0.4, -0.2) is 51.3 Å². The van der Waals surface area contributed by atoms with E-state index in [4.69, 9.17) is 0 Å². The molecular formula is C13H18N2O3. The molecule has 1 aromatic rings. The van der Waals surface area contributed by atoms with Gasteiger partial charge in [0.15, 0.2) is 0 Å². The molecule has 0 aliphatic carbocycles. The number of pyridine rings is 1. The number of carbonyl (C=O) groups excluding carboxylic acids is 1. The molecular weight excluding hydrogens is 232 g/mol. The molecule has 1 saturated heterocycles. The van der Waals surface area contributed by atoms with E-state index in [0.717, 1.165) is 5.69 Å². The van der Waals surface area contributed by atoms with Gasteiger partial charge >= 0.3 is 0 Å². The summed E-state index contributed by atoms with van der Waals surface area (Å²) in [7, 11) is 0. The summed E-state index contributed by atoms with van der Waals surface area (Å²) in [6, 6.07) is 3.43. The van der Waals surface area contributed by atoms with Crippen LogP contribution in [-0.2, 0) is 0 Å². The Morgan fingerprint density at radius 1 is 1.39 bits per heavy atom. The van der Waals surface area contributed by atoms with Crippen molar-refractivity contribution in [1.29, 1.82) is 0 Å². The third-order valence-corrected chi connectivity index (χ3v) is 3.17. The van der Waals surface area contributed by atoms with Crippen LogP contribution >= 0.6 is 0 Å². The number of aromatic nitrogens is 1. The fraction of sp³-hybridized carbons (Fsp3) is 0.538. The van der Waals surface area contributed by atoms with E-state index in [1.807, 2.05) is 13.8 Å². The molecule has 2 N–H and O–H groups in total. The molecule has 1 amide bonds. The van der Waals surface area contributed by atoms with Crippen molar-refractivity contribution in [1.82, 2.24) is 9.88 Å². The van der Waals surface area contributed by atoms with E-state index < -0.39 is 12.2 Å². The van der Waals surface area contributed by atoms with Crippen LogP contribution in [0.5, 0.6) is 0 Å². The molecule has 0 bridgehead atoms. The molecule has 0 spiro atoms. The van der Waals surface area contributed by atoms with Crippen LogP contribution in [0.15, 0.2) is 18.3 Å². The van der Waals surface area contributed by atoms with Gasteiger partial charge in [0.25, 0.3) is 5.91 Å². The third-order valence-electron chi connectivity index (χ3n) is 3.17. The Morgan fingerprint density at radius 2 is 2.00 bits per heavy atom. The fourth-order valence-corrected chi connectivity index (χ4v) is 2.01. The zero-order chi connectivity index (χ0) is 13.3. The third kappa shape index (κ3) is 2.52. The highest BCUT2D eigenvalue weighted by atomic mass is 16.3. The second kappa shape index (κ2) is 5.04. The van der Waals surface area contributed by atoms with Gasteiger partial charge < -0.3 is 15.1 Å². The summed E-state index contributed by atoms with van der Waals surface area (Å²) in [4.78, 5) is 17.9. The predicted octanol–water partition coefficient (Wildman–Crippen LogP) is 0.383. The number of likely N-dealkylation sites (tertiary alicyclic amines) is 1. The second-order valence-corrected chi connectivity index (χ2v) is 4.97. The largest absolute Gasteiger partial charge is 0.388 e. The molecule has 2 atom stereocenters. The van der Waals surface area contributed by atoms with Crippen LogP contribution in [0.3, 0.4) is 0 Å². The summed E-state index contributed by atoms with van der Waals surface area (Å²) >= 11 is 0. The maximum Gasteiger partial charge on any atom is 0.254 e. The summed E-state index contributed by atoms with van der Waals surface area (Å²) in [5.41, 5.74) is 1.41. The van der Waals surface area contributed by atoms with Gasteiger partial charge in [-0.15, -0.1) is 0 Å². The highest BCUT2D eigenvalue weighted by molar-refractivity contribution is 5.94. The SMILES string of the molecule is CC(C)c1cc(C(=O)N2CC(O)C(O)C2)ccn1. The molecule has 5 nitrogen and oxygen atoms in total. The molecule has 2 heterocycles. The maximum atomic E-state index is 12.2. The highest BCUT2D eigenvalue weighted by Crippen LogP contribution is 2.17. The molecule has 1 aliphatic rings. The maximum absolute atomic E-state index is 12.2. The first kappa shape index (κ1) is 13.0. The van der Waals surface area contributed by atoms with Crippen LogP contribution in [0.25, 0.3) is 0 Å². The Bertz CT molecular complexity index is 438. The Morgan fingerprint density at radius 3 is 2.56 bits per heavy atom. The summed E-state index contributed by atoms with van der Waals surface area (Å²) in [6.45, 7) is 4.39. The van der Waals surface area contributed by atoms with Gasteiger partial charge in [-0.1, -0.05) is 13.8 Å². The molecule has 1 aliphatic heterocycles. The number of rotatable bonds is 2. The van der Waals surface area contributed by atoms with Crippen molar-refractivity contribution in [2.75, 3.05) is 13.1 Å². The lowest BCUT2D eigenvalue weighted by Gasteiger charge is -2.16. The Balaban J connectivity index is 2.17. The summed E-state index contributed by atoms with van der Waals surface area (Å²) in [5, 5.41) is 18.9. The Kier molecular flexibility index (Phi) is 3.63. The smallest absolute Gasteiger partial charge is 0.254 e. The highest BCUT2D eigenvalue weighted by Gasteiger charge is 2.33. The van der Waals surface area contributed by atoms with Crippen molar-refractivity contribution in [3.05, 3.63) is 29.6 Å². The van der Waals surface area contributed by atoms with Crippen LogP contribution in [0.1, 0.15) is 35.8 Å². The van der Waals surface area contributed by atoms with E-state index in [-0.39, 0.29) is 24.9 Å². The lowest BCUT2D eigenvalue weighted by Crippen LogP contribution is -2.29. The Labute approximate surface area is 106 Å². The van der Waals surface area contributed by atoms with E-state index in [1.165, 1.54) is 4.90 Å². The first-order valence-corrected chi connectivity index (χ1v) is 6.10. The zero-order valence-corrected chi connectivity index (χ0v) is 10.6. The van der Waals surface area contributed by atoms with E-state index in [1.54, 1.807) is 18.3 Å². The van der Waals surface area contributed by atoms with Crippen LogP contribution in [0.4, 0.5) is 0 Å². The zero-order valence-electron chi connectivity index (χ0n) is 10.6. The number of carbonyl (C=O) groups is 1. The molecule has 5 heteroatoms. The predicted molar refractivity (Wildman–Crippen MR) is 66.2 cm³/mol. The lowest BCUT2D eigenvalue weighted by molar-refractivity contribution is 0.0572. The molecule has 0 aromatic carbocycles. The second-order valence-electron chi connectivity index (χ2n) is 4.97. The van der Waals surface area contributed by atoms with Crippen molar-refractivity contribution in [3.63, 3.8) is 0 Å². The molecule has 18 heavy (non-hydrogen) atoms. The molecule has 98 valence electrons. The van der Waals surface area contributed by atoms with Crippen LogP contribution < -0.4 is 0 Å². The Hall–Kier alpha value is -1.46. The number of β-amino-alcohol motifs (C(OH)–C–C–N with tert-alkyl or cyclic N) is 2. The van der Waals surface area contributed by atoms with Crippen molar-refractivity contribution < 1.29 is 15.0 Å². The fourth-order valence-electron chi connectivity index (χ4n) is 2.01. The van der Waals surface area contributed by atoms with Crippen LogP contribution in [0.2, 0.25) is 0 Å². The number of nitrogens with zero attached hydrogens (tertiary/aromatic N) is 2. The molecule has 1 aromatic heterocycles. The quantitative estimate of drug-likeness (QED) is 0.796. The molecule has 0 radical (unpaired) electrons. The average Bonchev–Trinajstić information content (AvgIpc) is 2.69. The van der Waals surface area contributed by atoms with Crippen molar-refractivity contribution in [3.8, 4) is 0 Å². The molecule has 2 rings (SSSR count). The average molecular weight is 250 g/mol. The number of hydrogen-bond donors (Lipinski definition) is 2. The minimum Gasteiger partial charge on any atom is -0.388 e. The minimum atomic E-state index is -0.847. The summed E-state index contributed by atoms with van der Waals surface area (Å²) in [6.07, 6.45) is -0.0772. The first-order chi connectivity index (χ1) is 8.49. The van der Waals surface area contributed by atoms with Crippen LogP contribution in [0, 0.1) is 0 Å². The lowest BCUT2D eigenvalue weighted by atomic mass is 10.1. The summed E-state index contributed by atoms with van der Waals surface area (Å²) < 4.78 is 0.